The zero-order chi connectivity index (χ0) is 14.3. The molecule has 0 spiro atoms. The summed E-state index contributed by atoms with van der Waals surface area (Å²) in [4.78, 5) is 23.6. The lowest BCUT2D eigenvalue weighted by atomic mass is 10.1. The standard InChI is InChI=1S/C14H13ClO4/c1-3-8-18-13(16)10-6-5-7-11(15)12(10)14(17)19-9-4-2/h3-7H,1-2,8-9H2. The first-order valence-corrected chi connectivity index (χ1v) is 5.84. The molecule has 19 heavy (non-hydrogen) atoms. The number of carbonyl (C=O) groups excluding carboxylic acids is 2. The van der Waals surface area contributed by atoms with Gasteiger partial charge in [-0.25, -0.2) is 9.59 Å². The first-order valence-electron chi connectivity index (χ1n) is 5.46. The average Bonchev–Trinajstić information content (AvgIpc) is 2.41. The molecule has 5 heteroatoms. The third kappa shape index (κ3) is 3.96. The zero-order valence-electron chi connectivity index (χ0n) is 10.2. The number of hydrogen-bond acceptors (Lipinski definition) is 4. The van der Waals surface area contributed by atoms with Crippen LogP contribution in [-0.2, 0) is 9.47 Å². The largest absolute Gasteiger partial charge is 0.458 e. The van der Waals surface area contributed by atoms with Gasteiger partial charge in [-0.1, -0.05) is 43.0 Å². The highest BCUT2D eigenvalue weighted by Gasteiger charge is 2.22. The van der Waals surface area contributed by atoms with Crippen molar-refractivity contribution in [1.82, 2.24) is 0 Å². The van der Waals surface area contributed by atoms with Crippen LogP contribution >= 0.6 is 11.6 Å². The highest BCUT2D eigenvalue weighted by atomic mass is 35.5. The highest BCUT2D eigenvalue weighted by molar-refractivity contribution is 6.34. The molecule has 0 bridgehead atoms. The minimum Gasteiger partial charge on any atom is -0.458 e. The lowest BCUT2D eigenvalue weighted by Gasteiger charge is -2.09. The van der Waals surface area contributed by atoms with Crippen LogP contribution in [0.3, 0.4) is 0 Å². The van der Waals surface area contributed by atoms with E-state index in [4.69, 9.17) is 21.1 Å². The van der Waals surface area contributed by atoms with E-state index < -0.39 is 11.9 Å². The van der Waals surface area contributed by atoms with Gasteiger partial charge in [0, 0.05) is 0 Å². The molecule has 0 fully saturated rings. The Morgan fingerprint density at radius 3 is 2.26 bits per heavy atom. The van der Waals surface area contributed by atoms with Crippen molar-refractivity contribution in [2.75, 3.05) is 13.2 Å². The van der Waals surface area contributed by atoms with E-state index in [1.165, 1.54) is 24.3 Å². The predicted molar refractivity (Wildman–Crippen MR) is 72.4 cm³/mol. The molecule has 0 aliphatic carbocycles. The van der Waals surface area contributed by atoms with Gasteiger partial charge in [0.2, 0.25) is 0 Å². The van der Waals surface area contributed by atoms with E-state index in [9.17, 15) is 9.59 Å². The number of benzene rings is 1. The molecule has 4 nitrogen and oxygen atoms in total. The summed E-state index contributed by atoms with van der Waals surface area (Å²) in [7, 11) is 0. The van der Waals surface area contributed by atoms with E-state index >= 15 is 0 Å². The van der Waals surface area contributed by atoms with Crippen molar-refractivity contribution in [3.8, 4) is 0 Å². The first kappa shape index (κ1) is 15.0. The van der Waals surface area contributed by atoms with Gasteiger partial charge in [0.1, 0.15) is 13.2 Å². The fourth-order valence-electron chi connectivity index (χ4n) is 1.32. The molecule has 0 radical (unpaired) electrons. The Morgan fingerprint density at radius 1 is 1.11 bits per heavy atom. The Kier molecular flexibility index (Phi) is 5.82. The van der Waals surface area contributed by atoms with Gasteiger partial charge >= 0.3 is 11.9 Å². The highest BCUT2D eigenvalue weighted by Crippen LogP contribution is 2.22. The SMILES string of the molecule is C=CCOC(=O)c1cccc(Cl)c1C(=O)OCC=C. The van der Waals surface area contributed by atoms with Crippen LogP contribution in [0.15, 0.2) is 43.5 Å². The van der Waals surface area contributed by atoms with E-state index in [1.54, 1.807) is 6.07 Å². The molecule has 1 aromatic carbocycles. The van der Waals surface area contributed by atoms with Crippen molar-refractivity contribution in [1.29, 1.82) is 0 Å². The molecule has 0 saturated heterocycles. The molecule has 1 aromatic rings. The zero-order valence-corrected chi connectivity index (χ0v) is 11.0. The monoisotopic (exact) mass is 280 g/mol. The quantitative estimate of drug-likeness (QED) is 0.594. The molecule has 1 rings (SSSR count). The van der Waals surface area contributed by atoms with Crippen LogP contribution in [0.2, 0.25) is 5.02 Å². The van der Waals surface area contributed by atoms with Gasteiger partial charge in [-0.05, 0) is 12.1 Å². The lowest BCUT2D eigenvalue weighted by Crippen LogP contribution is -2.14. The van der Waals surface area contributed by atoms with E-state index in [1.807, 2.05) is 0 Å². The van der Waals surface area contributed by atoms with E-state index in [-0.39, 0.29) is 29.4 Å². The summed E-state index contributed by atoms with van der Waals surface area (Å²) in [6, 6.07) is 4.50. The number of carbonyl (C=O) groups is 2. The second-order valence-electron chi connectivity index (χ2n) is 3.44. The molecule has 0 atom stereocenters. The Hall–Kier alpha value is -2.07. The van der Waals surface area contributed by atoms with Gasteiger partial charge in [0.25, 0.3) is 0 Å². The number of halogens is 1. The fraction of sp³-hybridized carbons (Fsp3) is 0.143. The van der Waals surface area contributed by atoms with Crippen LogP contribution in [0, 0.1) is 0 Å². The molecule has 0 aliphatic heterocycles. The maximum Gasteiger partial charge on any atom is 0.340 e. The fourth-order valence-corrected chi connectivity index (χ4v) is 1.57. The first-order chi connectivity index (χ1) is 9.11. The van der Waals surface area contributed by atoms with Crippen molar-refractivity contribution in [2.24, 2.45) is 0 Å². The maximum absolute atomic E-state index is 11.8. The van der Waals surface area contributed by atoms with Crippen LogP contribution in [0.1, 0.15) is 20.7 Å². The van der Waals surface area contributed by atoms with Crippen LogP contribution in [-0.4, -0.2) is 25.2 Å². The second-order valence-corrected chi connectivity index (χ2v) is 3.84. The molecular weight excluding hydrogens is 268 g/mol. The number of esters is 2. The van der Waals surface area contributed by atoms with Crippen LogP contribution in [0.25, 0.3) is 0 Å². The van der Waals surface area contributed by atoms with Crippen LogP contribution in [0.4, 0.5) is 0 Å². The summed E-state index contributed by atoms with van der Waals surface area (Å²) in [5, 5.41) is 0.127. The van der Waals surface area contributed by atoms with E-state index in [2.05, 4.69) is 13.2 Å². The van der Waals surface area contributed by atoms with Gasteiger partial charge in [-0.15, -0.1) is 0 Å². The van der Waals surface area contributed by atoms with Crippen molar-refractivity contribution in [2.45, 2.75) is 0 Å². The van der Waals surface area contributed by atoms with E-state index in [0.29, 0.717) is 0 Å². The Balaban J connectivity index is 3.07. The Morgan fingerprint density at radius 2 is 1.68 bits per heavy atom. The molecule has 0 heterocycles. The summed E-state index contributed by atoms with van der Waals surface area (Å²) >= 11 is 5.93. The van der Waals surface area contributed by atoms with E-state index in [0.717, 1.165) is 0 Å². The third-order valence-electron chi connectivity index (χ3n) is 2.10. The lowest BCUT2D eigenvalue weighted by molar-refractivity contribution is 0.0503. The van der Waals surface area contributed by atoms with Crippen LogP contribution < -0.4 is 0 Å². The smallest absolute Gasteiger partial charge is 0.340 e. The van der Waals surface area contributed by atoms with Gasteiger partial charge in [0.15, 0.2) is 0 Å². The molecule has 0 amide bonds. The summed E-state index contributed by atoms with van der Waals surface area (Å²) in [5.74, 6) is -1.36. The minimum absolute atomic E-state index is 0.0138. The topological polar surface area (TPSA) is 52.6 Å². The molecule has 0 aliphatic rings. The van der Waals surface area contributed by atoms with Gasteiger partial charge < -0.3 is 9.47 Å². The maximum atomic E-state index is 11.8. The molecule has 0 saturated carbocycles. The number of rotatable bonds is 6. The second kappa shape index (κ2) is 7.38. The predicted octanol–water partition coefficient (Wildman–Crippen LogP) is 3.03. The van der Waals surface area contributed by atoms with Crippen molar-refractivity contribution in [3.63, 3.8) is 0 Å². The summed E-state index contributed by atoms with van der Waals surface area (Å²) in [6.45, 7) is 6.95. The van der Waals surface area contributed by atoms with Gasteiger partial charge in [0.05, 0.1) is 16.1 Å². The number of ether oxygens (including phenoxy) is 2. The summed E-state index contributed by atoms with van der Waals surface area (Å²) in [6.07, 6.45) is 2.85. The summed E-state index contributed by atoms with van der Waals surface area (Å²) < 4.78 is 9.77. The van der Waals surface area contributed by atoms with Crippen molar-refractivity contribution in [3.05, 3.63) is 59.7 Å². The van der Waals surface area contributed by atoms with Gasteiger partial charge in [-0.3, -0.25) is 0 Å². The average molecular weight is 281 g/mol. The third-order valence-corrected chi connectivity index (χ3v) is 2.42. The Labute approximate surface area is 116 Å². The molecule has 0 N–H and O–H groups in total. The minimum atomic E-state index is -0.698. The normalized spacial score (nSPS) is 9.53. The molecule has 100 valence electrons. The van der Waals surface area contributed by atoms with Gasteiger partial charge in [-0.2, -0.15) is 0 Å². The molecule has 0 unspecified atom stereocenters. The summed E-state index contributed by atoms with van der Waals surface area (Å²) in [5.41, 5.74) is 0.0449. The molecule has 0 aromatic heterocycles. The van der Waals surface area contributed by atoms with Crippen molar-refractivity contribution < 1.29 is 19.1 Å². The molecular formula is C14H13ClO4. The number of hydrogen-bond donors (Lipinski definition) is 0. The Bertz CT molecular complexity index is 508. The van der Waals surface area contributed by atoms with Crippen LogP contribution in [0.5, 0.6) is 0 Å². The van der Waals surface area contributed by atoms with Crippen molar-refractivity contribution >= 4 is 23.5 Å².